The van der Waals surface area contributed by atoms with E-state index in [4.69, 9.17) is 17.3 Å². The van der Waals surface area contributed by atoms with Crippen LogP contribution in [-0.4, -0.2) is 18.1 Å². The lowest BCUT2D eigenvalue weighted by molar-refractivity contribution is 0.654. The van der Waals surface area contributed by atoms with Gasteiger partial charge in [-0.15, -0.1) is 0 Å². The Morgan fingerprint density at radius 1 is 1.46 bits per heavy atom. The largest absolute Gasteiger partial charge is 0.330 e. The van der Waals surface area contributed by atoms with Gasteiger partial charge < -0.3 is 11.1 Å². The second-order valence-electron chi connectivity index (χ2n) is 2.81. The standard InChI is InChI=1S/C9H14ClN3/c10-9-3-2-8(7-13-9)6-12-5-1-4-11/h2-3,7,12H,1,4-6,11H2. The summed E-state index contributed by atoms with van der Waals surface area (Å²) in [7, 11) is 0. The third kappa shape index (κ3) is 4.22. The van der Waals surface area contributed by atoms with Crippen molar-refractivity contribution in [3.63, 3.8) is 0 Å². The fourth-order valence-corrected chi connectivity index (χ4v) is 1.08. The van der Waals surface area contributed by atoms with E-state index >= 15 is 0 Å². The summed E-state index contributed by atoms with van der Waals surface area (Å²) in [5, 5.41) is 3.79. The first-order valence-electron chi connectivity index (χ1n) is 4.34. The molecule has 0 aliphatic carbocycles. The maximum Gasteiger partial charge on any atom is 0.129 e. The lowest BCUT2D eigenvalue weighted by Crippen LogP contribution is -2.17. The molecule has 0 saturated carbocycles. The molecule has 0 unspecified atom stereocenters. The number of halogens is 1. The van der Waals surface area contributed by atoms with Crippen LogP contribution in [-0.2, 0) is 6.54 Å². The van der Waals surface area contributed by atoms with Crippen molar-refractivity contribution in [3.8, 4) is 0 Å². The SMILES string of the molecule is NCCCNCc1ccc(Cl)nc1. The maximum absolute atomic E-state index is 5.65. The monoisotopic (exact) mass is 199 g/mol. The number of rotatable bonds is 5. The van der Waals surface area contributed by atoms with Crippen LogP contribution in [0.5, 0.6) is 0 Å². The fourth-order valence-electron chi connectivity index (χ4n) is 0.971. The summed E-state index contributed by atoms with van der Waals surface area (Å²) >= 11 is 5.65. The average Bonchev–Trinajstić information content (AvgIpc) is 2.15. The summed E-state index contributed by atoms with van der Waals surface area (Å²) in [6, 6.07) is 3.76. The topological polar surface area (TPSA) is 50.9 Å². The first-order chi connectivity index (χ1) is 6.33. The Bertz CT molecular complexity index is 235. The van der Waals surface area contributed by atoms with Gasteiger partial charge in [-0.1, -0.05) is 17.7 Å². The van der Waals surface area contributed by atoms with Crippen LogP contribution < -0.4 is 11.1 Å². The Kier molecular flexibility index (Phi) is 4.75. The Hall–Kier alpha value is -0.640. The summed E-state index contributed by atoms with van der Waals surface area (Å²) in [6.45, 7) is 2.50. The lowest BCUT2D eigenvalue weighted by Gasteiger charge is -2.02. The molecule has 1 aromatic heterocycles. The van der Waals surface area contributed by atoms with Crippen molar-refractivity contribution in [2.75, 3.05) is 13.1 Å². The van der Waals surface area contributed by atoms with Crippen LogP contribution in [0.3, 0.4) is 0 Å². The van der Waals surface area contributed by atoms with Crippen LogP contribution in [0.1, 0.15) is 12.0 Å². The smallest absolute Gasteiger partial charge is 0.129 e. The zero-order valence-corrected chi connectivity index (χ0v) is 8.22. The third-order valence-corrected chi connectivity index (χ3v) is 1.90. The quantitative estimate of drug-likeness (QED) is 0.553. The number of aromatic nitrogens is 1. The van der Waals surface area contributed by atoms with E-state index in [1.807, 2.05) is 6.07 Å². The van der Waals surface area contributed by atoms with E-state index in [2.05, 4.69) is 10.3 Å². The highest BCUT2D eigenvalue weighted by molar-refractivity contribution is 6.29. The van der Waals surface area contributed by atoms with Crippen LogP contribution in [0.15, 0.2) is 18.3 Å². The van der Waals surface area contributed by atoms with E-state index in [9.17, 15) is 0 Å². The average molecular weight is 200 g/mol. The van der Waals surface area contributed by atoms with Gasteiger partial charge in [-0.25, -0.2) is 4.98 Å². The van der Waals surface area contributed by atoms with E-state index < -0.39 is 0 Å². The van der Waals surface area contributed by atoms with Gasteiger partial charge in [0.05, 0.1) is 0 Å². The van der Waals surface area contributed by atoms with Gasteiger partial charge in [0.1, 0.15) is 5.15 Å². The summed E-state index contributed by atoms with van der Waals surface area (Å²) < 4.78 is 0. The van der Waals surface area contributed by atoms with Crippen molar-refractivity contribution < 1.29 is 0 Å². The summed E-state index contributed by atoms with van der Waals surface area (Å²) in [4.78, 5) is 3.98. The number of nitrogens with zero attached hydrogens (tertiary/aromatic N) is 1. The minimum atomic E-state index is 0.533. The molecule has 1 rings (SSSR count). The summed E-state index contributed by atoms with van der Waals surface area (Å²) in [6.07, 6.45) is 2.78. The van der Waals surface area contributed by atoms with Crippen molar-refractivity contribution in [2.24, 2.45) is 5.73 Å². The second-order valence-corrected chi connectivity index (χ2v) is 3.20. The predicted molar refractivity (Wildman–Crippen MR) is 54.6 cm³/mol. The molecular formula is C9H14ClN3. The highest BCUT2D eigenvalue weighted by Crippen LogP contribution is 2.04. The molecule has 0 radical (unpaired) electrons. The summed E-state index contributed by atoms with van der Waals surface area (Å²) in [5.74, 6) is 0. The molecule has 0 spiro atoms. The molecule has 1 aromatic rings. The Balaban J connectivity index is 2.25. The van der Waals surface area contributed by atoms with Gasteiger partial charge in [0.2, 0.25) is 0 Å². The van der Waals surface area contributed by atoms with Gasteiger partial charge >= 0.3 is 0 Å². The summed E-state index contributed by atoms with van der Waals surface area (Å²) in [5.41, 5.74) is 6.50. The Morgan fingerprint density at radius 3 is 2.92 bits per heavy atom. The molecule has 0 aromatic carbocycles. The van der Waals surface area contributed by atoms with Crippen molar-refractivity contribution in [1.82, 2.24) is 10.3 Å². The van der Waals surface area contributed by atoms with Crippen LogP contribution in [0.4, 0.5) is 0 Å². The predicted octanol–water partition coefficient (Wildman–Crippen LogP) is 1.17. The molecule has 4 heteroatoms. The molecule has 3 N–H and O–H groups in total. The molecule has 0 saturated heterocycles. The second kappa shape index (κ2) is 5.91. The number of hydrogen-bond acceptors (Lipinski definition) is 3. The van der Waals surface area contributed by atoms with Crippen LogP contribution in [0, 0.1) is 0 Å². The number of pyridine rings is 1. The molecule has 0 atom stereocenters. The number of nitrogens with two attached hydrogens (primary N) is 1. The van der Waals surface area contributed by atoms with Gasteiger partial charge in [0.15, 0.2) is 0 Å². The van der Waals surface area contributed by atoms with Crippen LogP contribution in [0.25, 0.3) is 0 Å². The van der Waals surface area contributed by atoms with Crippen molar-refractivity contribution >= 4 is 11.6 Å². The first-order valence-corrected chi connectivity index (χ1v) is 4.72. The van der Waals surface area contributed by atoms with Gasteiger partial charge in [-0.05, 0) is 31.1 Å². The minimum Gasteiger partial charge on any atom is -0.330 e. The van der Waals surface area contributed by atoms with E-state index in [-0.39, 0.29) is 0 Å². The fraction of sp³-hybridized carbons (Fsp3) is 0.444. The van der Waals surface area contributed by atoms with Gasteiger partial charge in [-0.2, -0.15) is 0 Å². The van der Waals surface area contributed by atoms with E-state index in [0.29, 0.717) is 5.15 Å². The highest BCUT2D eigenvalue weighted by atomic mass is 35.5. The van der Waals surface area contributed by atoms with Crippen LogP contribution >= 0.6 is 11.6 Å². The third-order valence-electron chi connectivity index (χ3n) is 1.68. The number of nitrogens with one attached hydrogen (secondary N) is 1. The molecule has 3 nitrogen and oxygen atoms in total. The molecule has 72 valence electrons. The Morgan fingerprint density at radius 2 is 2.31 bits per heavy atom. The normalized spacial score (nSPS) is 10.3. The van der Waals surface area contributed by atoms with Gasteiger partial charge in [0.25, 0.3) is 0 Å². The van der Waals surface area contributed by atoms with Crippen LogP contribution in [0.2, 0.25) is 5.15 Å². The molecule has 13 heavy (non-hydrogen) atoms. The number of hydrogen-bond donors (Lipinski definition) is 2. The van der Waals surface area contributed by atoms with E-state index in [0.717, 1.165) is 31.6 Å². The van der Waals surface area contributed by atoms with E-state index in [1.165, 1.54) is 0 Å². The van der Waals surface area contributed by atoms with E-state index in [1.54, 1.807) is 12.3 Å². The zero-order valence-electron chi connectivity index (χ0n) is 7.46. The first kappa shape index (κ1) is 10.4. The Labute approximate surface area is 83.3 Å². The maximum atomic E-state index is 5.65. The molecule has 0 amide bonds. The van der Waals surface area contributed by atoms with Gasteiger partial charge in [-0.3, -0.25) is 0 Å². The lowest BCUT2D eigenvalue weighted by atomic mass is 10.3. The minimum absolute atomic E-state index is 0.533. The molecule has 0 aliphatic rings. The van der Waals surface area contributed by atoms with Crippen molar-refractivity contribution in [2.45, 2.75) is 13.0 Å². The van der Waals surface area contributed by atoms with Crippen molar-refractivity contribution in [1.29, 1.82) is 0 Å². The molecule has 0 aliphatic heterocycles. The zero-order chi connectivity index (χ0) is 9.52. The molecule has 1 heterocycles. The molecule has 0 fully saturated rings. The van der Waals surface area contributed by atoms with Crippen molar-refractivity contribution in [3.05, 3.63) is 29.0 Å². The highest BCUT2D eigenvalue weighted by Gasteiger charge is 1.92. The van der Waals surface area contributed by atoms with Gasteiger partial charge in [0, 0.05) is 12.7 Å². The molecule has 0 bridgehead atoms. The molecular weight excluding hydrogens is 186 g/mol.